The molecule has 1 saturated heterocycles. The van der Waals surface area contributed by atoms with Crippen LogP contribution in [0.2, 0.25) is 0 Å². The molecule has 0 radical (unpaired) electrons. The number of carbonyl (C=O) groups is 2. The molecule has 2 heterocycles. The zero-order chi connectivity index (χ0) is 20.9. The van der Waals surface area contributed by atoms with Crippen molar-refractivity contribution in [2.45, 2.75) is 19.8 Å². The molecule has 2 aromatic rings. The van der Waals surface area contributed by atoms with Crippen molar-refractivity contribution in [3.63, 3.8) is 0 Å². The molecule has 0 bridgehead atoms. The minimum atomic E-state index is -0.149. The summed E-state index contributed by atoms with van der Waals surface area (Å²) in [5.41, 5.74) is 1.36. The first-order valence-electron chi connectivity index (χ1n) is 10.4. The predicted octanol–water partition coefficient (Wildman–Crippen LogP) is 3.98. The Labute approximate surface area is 175 Å². The number of anilines is 1. The highest BCUT2D eigenvalue weighted by molar-refractivity contribution is 5.98. The summed E-state index contributed by atoms with van der Waals surface area (Å²) in [5.74, 6) is 2.08. The summed E-state index contributed by atoms with van der Waals surface area (Å²) >= 11 is 0. The minimum absolute atomic E-state index is 0.0953. The number of nitrogens with zero attached hydrogens (tertiary/aromatic N) is 1. The number of rotatable bonds is 5. The minimum Gasteiger partial charge on any atom is -0.494 e. The van der Waals surface area contributed by atoms with Crippen LogP contribution in [0.1, 0.15) is 30.1 Å². The third-order valence-corrected chi connectivity index (χ3v) is 5.40. The number of piperidine rings is 1. The Morgan fingerprint density at radius 1 is 1.03 bits per heavy atom. The van der Waals surface area contributed by atoms with Gasteiger partial charge in [0.2, 0.25) is 0 Å². The van der Waals surface area contributed by atoms with Crippen molar-refractivity contribution in [2.75, 3.05) is 38.2 Å². The van der Waals surface area contributed by atoms with Crippen LogP contribution in [0.15, 0.2) is 42.5 Å². The largest absolute Gasteiger partial charge is 0.494 e. The Morgan fingerprint density at radius 3 is 2.43 bits per heavy atom. The van der Waals surface area contributed by atoms with Gasteiger partial charge in [-0.05, 0) is 62.2 Å². The summed E-state index contributed by atoms with van der Waals surface area (Å²) in [6.07, 6.45) is 1.29. The molecule has 0 aromatic heterocycles. The number of carbonyl (C=O) groups excluding carboxylic acids is 2. The van der Waals surface area contributed by atoms with E-state index in [1.165, 1.54) is 0 Å². The van der Waals surface area contributed by atoms with Gasteiger partial charge >= 0.3 is 6.03 Å². The number of hydrogen-bond acceptors (Lipinski definition) is 5. The Morgan fingerprint density at radius 2 is 1.73 bits per heavy atom. The predicted molar refractivity (Wildman–Crippen MR) is 113 cm³/mol. The van der Waals surface area contributed by atoms with Gasteiger partial charge < -0.3 is 24.4 Å². The van der Waals surface area contributed by atoms with Gasteiger partial charge in [0.1, 0.15) is 19.0 Å². The van der Waals surface area contributed by atoms with Crippen LogP contribution in [-0.4, -0.2) is 49.6 Å². The van der Waals surface area contributed by atoms with E-state index in [2.05, 4.69) is 5.32 Å². The first-order valence-corrected chi connectivity index (χ1v) is 10.4. The molecule has 2 aliphatic rings. The van der Waals surface area contributed by atoms with Gasteiger partial charge in [0, 0.05) is 30.3 Å². The smallest absolute Gasteiger partial charge is 0.321 e. The Kier molecular flexibility index (Phi) is 6.07. The number of likely N-dealkylation sites (tertiary alicyclic amines) is 1. The molecule has 0 saturated carbocycles. The van der Waals surface area contributed by atoms with E-state index in [1.54, 1.807) is 23.1 Å². The van der Waals surface area contributed by atoms with E-state index in [0.29, 0.717) is 62.8 Å². The number of Topliss-reactive ketones (excluding diaryl/α,β-unsaturated/α-hetero) is 1. The zero-order valence-electron chi connectivity index (χ0n) is 17.1. The summed E-state index contributed by atoms with van der Waals surface area (Å²) in [7, 11) is 0. The van der Waals surface area contributed by atoms with E-state index in [4.69, 9.17) is 14.2 Å². The topological polar surface area (TPSA) is 77.1 Å². The van der Waals surface area contributed by atoms with Crippen molar-refractivity contribution in [2.24, 2.45) is 5.92 Å². The van der Waals surface area contributed by atoms with Crippen LogP contribution >= 0.6 is 0 Å². The lowest BCUT2D eigenvalue weighted by Gasteiger charge is -2.31. The molecule has 1 N–H and O–H groups in total. The highest BCUT2D eigenvalue weighted by Crippen LogP contribution is 2.32. The van der Waals surface area contributed by atoms with Crippen molar-refractivity contribution in [3.8, 4) is 17.2 Å². The van der Waals surface area contributed by atoms with Crippen LogP contribution in [0.5, 0.6) is 17.2 Å². The summed E-state index contributed by atoms with van der Waals surface area (Å²) < 4.78 is 16.5. The van der Waals surface area contributed by atoms with E-state index >= 15 is 0 Å². The lowest BCUT2D eigenvalue weighted by atomic mass is 9.89. The van der Waals surface area contributed by atoms with E-state index in [1.807, 2.05) is 31.2 Å². The van der Waals surface area contributed by atoms with Crippen molar-refractivity contribution < 1.29 is 23.8 Å². The van der Waals surface area contributed by atoms with E-state index in [-0.39, 0.29) is 17.7 Å². The van der Waals surface area contributed by atoms with E-state index in [9.17, 15) is 9.59 Å². The standard InChI is InChI=1S/C23H26N2O5/c1-2-28-19-6-4-18(5-7-19)24-23(27)25-11-9-16(10-12-25)22(26)17-3-8-20-21(15-17)30-14-13-29-20/h3-8,15-16H,2,9-14H2,1H3,(H,24,27). The van der Waals surface area contributed by atoms with Crippen LogP contribution in [0.4, 0.5) is 10.5 Å². The van der Waals surface area contributed by atoms with Gasteiger partial charge in [-0.3, -0.25) is 4.79 Å². The summed E-state index contributed by atoms with van der Waals surface area (Å²) in [4.78, 5) is 27.2. The van der Waals surface area contributed by atoms with Crippen molar-refractivity contribution in [3.05, 3.63) is 48.0 Å². The maximum Gasteiger partial charge on any atom is 0.321 e. The van der Waals surface area contributed by atoms with Crippen LogP contribution < -0.4 is 19.5 Å². The van der Waals surface area contributed by atoms with Gasteiger partial charge in [0.05, 0.1) is 6.61 Å². The zero-order valence-corrected chi connectivity index (χ0v) is 17.1. The lowest BCUT2D eigenvalue weighted by Crippen LogP contribution is -2.42. The summed E-state index contributed by atoms with van der Waals surface area (Å²) in [6.45, 7) is 4.64. The third-order valence-electron chi connectivity index (χ3n) is 5.40. The summed E-state index contributed by atoms with van der Waals surface area (Å²) in [5, 5.41) is 2.91. The average Bonchev–Trinajstić information content (AvgIpc) is 2.80. The number of urea groups is 1. The molecule has 158 valence electrons. The molecule has 7 heteroatoms. The molecule has 0 atom stereocenters. The molecule has 1 fully saturated rings. The number of hydrogen-bond donors (Lipinski definition) is 1. The highest BCUT2D eigenvalue weighted by atomic mass is 16.6. The van der Waals surface area contributed by atoms with Gasteiger partial charge in [-0.25, -0.2) is 4.79 Å². The van der Waals surface area contributed by atoms with Gasteiger partial charge in [0.25, 0.3) is 0 Å². The van der Waals surface area contributed by atoms with Gasteiger partial charge in [-0.2, -0.15) is 0 Å². The maximum atomic E-state index is 12.9. The third kappa shape index (κ3) is 4.50. The lowest BCUT2D eigenvalue weighted by molar-refractivity contribution is 0.0858. The Balaban J connectivity index is 1.31. The number of ether oxygens (including phenoxy) is 3. The van der Waals surface area contributed by atoms with Crippen LogP contribution in [-0.2, 0) is 0 Å². The number of nitrogens with one attached hydrogen (secondary N) is 1. The molecule has 2 aromatic carbocycles. The quantitative estimate of drug-likeness (QED) is 0.755. The fourth-order valence-electron chi connectivity index (χ4n) is 3.78. The fourth-order valence-corrected chi connectivity index (χ4v) is 3.78. The molecule has 2 amide bonds. The second kappa shape index (κ2) is 9.07. The molecule has 0 aliphatic carbocycles. The molecule has 2 aliphatic heterocycles. The Bertz CT molecular complexity index is 904. The molecule has 0 spiro atoms. The molecule has 7 nitrogen and oxygen atoms in total. The number of benzene rings is 2. The van der Waals surface area contributed by atoms with Crippen molar-refractivity contribution in [1.29, 1.82) is 0 Å². The maximum absolute atomic E-state index is 12.9. The first-order chi connectivity index (χ1) is 14.6. The highest BCUT2D eigenvalue weighted by Gasteiger charge is 2.28. The molecule has 30 heavy (non-hydrogen) atoms. The number of ketones is 1. The van der Waals surface area contributed by atoms with E-state index in [0.717, 1.165) is 11.4 Å². The van der Waals surface area contributed by atoms with Gasteiger partial charge in [-0.15, -0.1) is 0 Å². The second-order valence-electron chi connectivity index (χ2n) is 7.37. The molecular formula is C23H26N2O5. The van der Waals surface area contributed by atoms with Crippen LogP contribution in [0, 0.1) is 5.92 Å². The second-order valence-corrected chi connectivity index (χ2v) is 7.37. The fraction of sp³-hybridized carbons (Fsp3) is 0.391. The van der Waals surface area contributed by atoms with Gasteiger partial charge in [0.15, 0.2) is 17.3 Å². The average molecular weight is 410 g/mol. The van der Waals surface area contributed by atoms with Crippen LogP contribution in [0.25, 0.3) is 0 Å². The molecule has 4 rings (SSSR count). The first kappa shape index (κ1) is 20.1. The normalized spacial score (nSPS) is 16.1. The molecule has 0 unspecified atom stereocenters. The van der Waals surface area contributed by atoms with Gasteiger partial charge in [-0.1, -0.05) is 0 Å². The number of amides is 2. The van der Waals surface area contributed by atoms with E-state index < -0.39 is 0 Å². The SMILES string of the molecule is CCOc1ccc(NC(=O)N2CCC(C(=O)c3ccc4c(c3)OCCO4)CC2)cc1. The Hall–Kier alpha value is -3.22. The van der Waals surface area contributed by atoms with Crippen molar-refractivity contribution in [1.82, 2.24) is 4.90 Å². The van der Waals surface area contributed by atoms with Crippen LogP contribution in [0.3, 0.4) is 0 Å². The molecular weight excluding hydrogens is 384 g/mol. The monoisotopic (exact) mass is 410 g/mol. The summed E-state index contributed by atoms with van der Waals surface area (Å²) in [6, 6.07) is 12.5. The van der Waals surface area contributed by atoms with Crippen molar-refractivity contribution >= 4 is 17.5 Å². The number of fused-ring (bicyclic) bond motifs is 1.